The number of carbonyl (C=O) groups is 1. The Kier molecular flexibility index (Phi) is 5.37. The Morgan fingerprint density at radius 1 is 1.32 bits per heavy atom. The van der Waals surface area contributed by atoms with Gasteiger partial charge in [-0.25, -0.2) is 13.1 Å². The molecule has 0 spiro atoms. The first-order valence-electron chi connectivity index (χ1n) is 7.06. The van der Waals surface area contributed by atoms with E-state index in [9.17, 15) is 13.2 Å². The van der Waals surface area contributed by atoms with Crippen LogP contribution in [0.1, 0.15) is 43.5 Å². The molecule has 122 valence electrons. The highest BCUT2D eigenvalue weighted by atomic mass is 35.5. The van der Waals surface area contributed by atoms with Crippen molar-refractivity contribution < 1.29 is 13.2 Å². The van der Waals surface area contributed by atoms with Gasteiger partial charge in [-0.1, -0.05) is 30.1 Å². The van der Waals surface area contributed by atoms with Crippen molar-refractivity contribution in [3.8, 4) is 0 Å². The molecule has 0 aromatic heterocycles. The second-order valence-electron chi connectivity index (χ2n) is 5.44. The van der Waals surface area contributed by atoms with Gasteiger partial charge in [0.25, 0.3) is 5.91 Å². The zero-order valence-corrected chi connectivity index (χ0v) is 14.6. The number of nitrogens with one attached hydrogen (secondary N) is 2. The van der Waals surface area contributed by atoms with Crippen LogP contribution in [0, 0.1) is 0 Å². The fourth-order valence-electron chi connectivity index (χ4n) is 1.80. The lowest BCUT2D eigenvalue weighted by Gasteiger charge is -2.14. The van der Waals surface area contributed by atoms with Gasteiger partial charge in [0.2, 0.25) is 10.0 Å². The highest BCUT2D eigenvalue weighted by molar-refractivity contribution is 7.89. The predicted octanol–water partition coefficient (Wildman–Crippen LogP) is 2.96. The number of sulfonamides is 1. The smallest absolute Gasteiger partial charge is 0.253 e. The number of benzene rings is 1. The van der Waals surface area contributed by atoms with E-state index in [-0.39, 0.29) is 32.6 Å². The standard InChI is InChI=1S/C14H18Cl2N2O3S/c1-3-8(2)17-14(19)10-6-13(12(16)7-11(10)15)22(20,21)18-9-4-5-9/h6-9,18H,3-5H2,1-2H3,(H,17,19). The summed E-state index contributed by atoms with van der Waals surface area (Å²) in [5.41, 5.74) is 0.0996. The number of rotatable bonds is 6. The van der Waals surface area contributed by atoms with Crippen molar-refractivity contribution in [1.82, 2.24) is 10.0 Å². The average molecular weight is 365 g/mol. The van der Waals surface area contributed by atoms with Crippen molar-refractivity contribution in [3.05, 3.63) is 27.7 Å². The first-order valence-corrected chi connectivity index (χ1v) is 9.30. The van der Waals surface area contributed by atoms with Gasteiger partial charge in [0, 0.05) is 12.1 Å². The van der Waals surface area contributed by atoms with E-state index in [4.69, 9.17) is 23.2 Å². The Morgan fingerprint density at radius 2 is 1.95 bits per heavy atom. The van der Waals surface area contributed by atoms with Crippen LogP contribution in [-0.2, 0) is 10.0 Å². The van der Waals surface area contributed by atoms with Gasteiger partial charge in [-0.2, -0.15) is 0 Å². The molecule has 1 unspecified atom stereocenters. The molecule has 1 aliphatic carbocycles. The van der Waals surface area contributed by atoms with Crippen LogP contribution >= 0.6 is 23.2 Å². The van der Waals surface area contributed by atoms with Gasteiger partial charge in [-0.05, 0) is 38.3 Å². The molecule has 0 bridgehead atoms. The maximum Gasteiger partial charge on any atom is 0.253 e. The SMILES string of the molecule is CCC(C)NC(=O)c1cc(S(=O)(=O)NC2CC2)c(Cl)cc1Cl. The molecule has 0 radical (unpaired) electrons. The van der Waals surface area contributed by atoms with E-state index >= 15 is 0 Å². The quantitative estimate of drug-likeness (QED) is 0.814. The van der Waals surface area contributed by atoms with Crippen LogP contribution in [0.15, 0.2) is 17.0 Å². The molecule has 1 amide bonds. The lowest BCUT2D eigenvalue weighted by Crippen LogP contribution is -2.32. The summed E-state index contributed by atoms with van der Waals surface area (Å²) in [4.78, 5) is 12.1. The summed E-state index contributed by atoms with van der Waals surface area (Å²) in [6, 6.07) is 2.43. The Bertz CT molecular complexity index is 688. The van der Waals surface area contributed by atoms with Gasteiger partial charge < -0.3 is 5.32 Å². The van der Waals surface area contributed by atoms with Crippen LogP contribution in [0.5, 0.6) is 0 Å². The van der Waals surface area contributed by atoms with Gasteiger partial charge in [-0.15, -0.1) is 0 Å². The van der Waals surface area contributed by atoms with E-state index in [0.717, 1.165) is 19.3 Å². The van der Waals surface area contributed by atoms with Gasteiger partial charge >= 0.3 is 0 Å². The number of halogens is 2. The summed E-state index contributed by atoms with van der Waals surface area (Å²) in [5, 5.41) is 2.88. The van der Waals surface area contributed by atoms with E-state index in [1.165, 1.54) is 12.1 Å². The number of hydrogen-bond donors (Lipinski definition) is 2. The van der Waals surface area contributed by atoms with Crippen LogP contribution in [0.25, 0.3) is 0 Å². The molecule has 8 heteroatoms. The Balaban J connectivity index is 2.36. The van der Waals surface area contributed by atoms with Gasteiger partial charge in [0.15, 0.2) is 0 Å². The van der Waals surface area contributed by atoms with E-state index in [0.29, 0.717) is 0 Å². The highest BCUT2D eigenvalue weighted by Crippen LogP contribution is 2.30. The summed E-state index contributed by atoms with van der Waals surface area (Å²) >= 11 is 12.0. The average Bonchev–Trinajstić information content (AvgIpc) is 3.21. The lowest BCUT2D eigenvalue weighted by atomic mass is 10.2. The molecule has 0 heterocycles. The monoisotopic (exact) mass is 364 g/mol. The molecular weight excluding hydrogens is 347 g/mol. The molecule has 1 aliphatic rings. The molecule has 2 rings (SSSR count). The molecule has 0 aliphatic heterocycles. The molecule has 0 saturated heterocycles. The van der Waals surface area contributed by atoms with Crippen molar-refractivity contribution in [1.29, 1.82) is 0 Å². The molecule has 1 aromatic rings. The first kappa shape index (κ1) is 17.5. The summed E-state index contributed by atoms with van der Waals surface area (Å²) in [5.74, 6) is -0.418. The largest absolute Gasteiger partial charge is 0.350 e. The molecule has 1 atom stereocenters. The molecule has 22 heavy (non-hydrogen) atoms. The van der Waals surface area contributed by atoms with Crippen molar-refractivity contribution in [2.45, 2.75) is 50.1 Å². The fraction of sp³-hybridized carbons (Fsp3) is 0.500. The van der Waals surface area contributed by atoms with E-state index < -0.39 is 15.9 Å². The second-order valence-corrected chi connectivity index (χ2v) is 7.94. The number of amides is 1. The molecular formula is C14H18Cl2N2O3S. The first-order chi connectivity index (χ1) is 10.2. The molecule has 1 saturated carbocycles. The lowest BCUT2D eigenvalue weighted by molar-refractivity contribution is 0.0939. The second kappa shape index (κ2) is 6.74. The molecule has 1 aromatic carbocycles. The number of carbonyl (C=O) groups excluding carboxylic acids is 1. The third-order valence-electron chi connectivity index (χ3n) is 3.44. The van der Waals surface area contributed by atoms with E-state index in [1.807, 2.05) is 13.8 Å². The Labute approximate surface area is 140 Å². The predicted molar refractivity (Wildman–Crippen MR) is 87.0 cm³/mol. The topological polar surface area (TPSA) is 75.3 Å². The van der Waals surface area contributed by atoms with Crippen molar-refractivity contribution in [2.24, 2.45) is 0 Å². The minimum absolute atomic E-state index is 0.00163. The summed E-state index contributed by atoms with van der Waals surface area (Å²) < 4.78 is 27.1. The van der Waals surface area contributed by atoms with Gasteiger partial charge in [-0.3, -0.25) is 4.79 Å². The number of hydrogen-bond acceptors (Lipinski definition) is 3. The molecule has 1 fully saturated rings. The Morgan fingerprint density at radius 3 is 2.50 bits per heavy atom. The zero-order chi connectivity index (χ0) is 16.5. The third kappa shape index (κ3) is 4.13. The van der Waals surface area contributed by atoms with Crippen LogP contribution in [-0.4, -0.2) is 26.4 Å². The Hall–Kier alpha value is -0.820. The minimum Gasteiger partial charge on any atom is -0.350 e. The van der Waals surface area contributed by atoms with Crippen LogP contribution in [0.3, 0.4) is 0 Å². The van der Waals surface area contributed by atoms with Crippen molar-refractivity contribution in [3.63, 3.8) is 0 Å². The van der Waals surface area contributed by atoms with Crippen LogP contribution in [0.4, 0.5) is 0 Å². The van der Waals surface area contributed by atoms with Crippen LogP contribution in [0.2, 0.25) is 10.0 Å². The normalized spacial score (nSPS) is 16.4. The maximum absolute atomic E-state index is 12.3. The maximum atomic E-state index is 12.3. The summed E-state index contributed by atoms with van der Waals surface area (Å²) in [6.45, 7) is 3.79. The highest BCUT2D eigenvalue weighted by Gasteiger charge is 2.30. The zero-order valence-electron chi connectivity index (χ0n) is 12.3. The molecule has 5 nitrogen and oxygen atoms in total. The third-order valence-corrected chi connectivity index (χ3v) is 5.74. The van der Waals surface area contributed by atoms with E-state index in [1.54, 1.807) is 0 Å². The fourth-order valence-corrected chi connectivity index (χ4v) is 3.96. The summed E-state index contributed by atoms with van der Waals surface area (Å²) in [6.07, 6.45) is 2.38. The van der Waals surface area contributed by atoms with Gasteiger partial charge in [0.1, 0.15) is 4.90 Å². The van der Waals surface area contributed by atoms with Crippen molar-refractivity contribution >= 4 is 39.1 Å². The van der Waals surface area contributed by atoms with Gasteiger partial charge in [0.05, 0.1) is 15.6 Å². The van der Waals surface area contributed by atoms with Crippen LogP contribution < -0.4 is 10.0 Å². The van der Waals surface area contributed by atoms with Crippen molar-refractivity contribution in [2.75, 3.05) is 0 Å². The minimum atomic E-state index is -3.76. The van der Waals surface area contributed by atoms with E-state index in [2.05, 4.69) is 10.0 Å². The molecule has 2 N–H and O–H groups in total. The summed E-state index contributed by atoms with van der Waals surface area (Å²) in [7, 11) is -3.76.